The first kappa shape index (κ1) is 28.7. The van der Waals surface area contributed by atoms with Crippen LogP contribution in [-0.4, -0.2) is 79.8 Å². The van der Waals surface area contributed by atoms with E-state index in [1.807, 2.05) is 0 Å². The van der Waals surface area contributed by atoms with Gasteiger partial charge in [-0.15, -0.1) is 0 Å². The Balaban J connectivity index is 1.27. The summed E-state index contributed by atoms with van der Waals surface area (Å²) in [5.74, 6) is -2.64. The number of aromatic hydroxyl groups is 2. The second kappa shape index (κ2) is 12.0. The van der Waals surface area contributed by atoms with Gasteiger partial charge < -0.3 is 34.5 Å². The largest absolute Gasteiger partial charge is 0.507 e. The van der Waals surface area contributed by atoms with Crippen molar-refractivity contribution in [3.8, 4) is 17.2 Å². The van der Waals surface area contributed by atoms with Crippen LogP contribution in [0.2, 0.25) is 0 Å². The molecular weight excluding hydrogens is 534 g/mol. The summed E-state index contributed by atoms with van der Waals surface area (Å²) in [7, 11) is 2.92. The van der Waals surface area contributed by atoms with Crippen LogP contribution < -0.4 is 10.1 Å². The van der Waals surface area contributed by atoms with Crippen LogP contribution in [0.4, 0.5) is 0 Å². The molecule has 3 atom stereocenters. The number of nitrogens with one attached hydrogen (secondary N) is 1. The molecule has 0 bridgehead atoms. The number of phenolic OH excluding ortho intramolecular Hbond substituents is 2. The molecule has 3 N–H and O–H groups in total. The number of fused-ring (bicyclic) bond motifs is 3. The van der Waals surface area contributed by atoms with E-state index in [4.69, 9.17) is 18.9 Å². The highest BCUT2D eigenvalue weighted by atomic mass is 16.7. The van der Waals surface area contributed by atoms with Crippen LogP contribution in [0.25, 0.3) is 0 Å². The highest BCUT2D eigenvalue weighted by molar-refractivity contribution is 6.31. The number of rotatable bonds is 9. The number of Topliss-reactive ketones (excluding diaryl/α,β-unsaturated/α-hetero) is 1. The van der Waals surface area contributed by atoms with Gasteiger partial charge in [-0.2, -0.15) is 0 Å². The fraction of sp³-hybridized carbons (Fsp3) is 0.467. The van der Waals surface area contributed by atoms with Gasteiger partial charge in [0.25, 0.3) is 0 Å². The van der Waals surface area contributed by atoms with Gasteiger partial charge in [0, 0.05) is 29.7 Å². The molecule has 2 aromatic carbocycles. The minimum absolute atomic E-state index is 0.0494. The maximum Gasteiger partial charge on any atom is 0.245 e. The third-order valence-corrected chi connectivity index (χ3v) is 8.02. The Morgan fingerprint density at radius 1 is 1.00 bits per heavy atom. The summed E-state index contributed by atoms with van der Waals surface area (Å²) in [5, 5.41) is 24.8. The number of likely N-dealkylation sites (N-methyl/N-ethyl adjacent to an activating group) is 1. The summed E-state index contributed by atoms with van der Waals surface area (Å²) in [5.41, 5.74) is 0.296. The summed E-state index contributed by atoms with van der Waals surface area (Å²) in [6, 6.07) is 4.61. The molecule has 1 fully saturated rings. The molecule has 1 amide bonds. The molecule has 2 aromatic rings. The van der Waals surface area contributed by atoms with Crippen molar-refractivity contribution >= 4 is 23.3 Å². The molecule has 11 nitrogen and oxygen atoms in total. The average Bonchev–Trinajstić information content (AvgIpc) is 2.99. The van der Waals surface area contributed by atoms with Crippen LogP contribution in [0.3, 0.4) is 0 Å². The number of benzene rings is 2. The number of hydrogen-bond donors (Lipinski definition) is 3. The number of ether oxygens (including phenoxy) is 4. The van der Waals surface area contributed by atoms with Crippen LogP contribution in [0.5, 0.6) is 17.2 Å². The molecule has 218 valence electrons. The molecule has 1 heterocycles. The molecule has 41 heavy (non-hydrogen) atoms. The van der Waals surface area contributed by atoms with Crippen molar-refractivity contribution in [2.45, 2.75) is 50.9 Å². The maximum atomic E-state index is 13.4. The number of methoxy groups -OCH3 is 1. The lowest BCUT2D eigenvalue weighted by molar-refractivity contribution is -0.205. The molecular formula is C30H33NO10. The highest BCUT2D eigenvalue weighted by Crippen LogP contribution is 2.47. The van der Waals surface area contributed by atoms with E-state index < -0.39 is 23.8 Å². The molecule has 1 aliphatic heterocycles. The first-order valence-corrected chi connectivity index (χ1v) is 13.7. The average molecular weight is 568 g/mol. The maximum absolute atomic E-state index is 13.4. The molecule has 3 aliphatic rings. The van der Waals surface area contributed by atoms with Gasteiger partial charge in [-0.25, -0.2) is 0 Å². The molecule has 1 saturated heterocycles. The van der Waals surface area contributed by atoms with E-state index in [0.717, 1.165) is 12.8 Å². The molecule has 0 radical (unpaired) electrons. The summed E-state index contributed by atoms with van der Waals surface area (Å²) in [4.78, 5) is 51.3. The molecule has 2 aliphatic carbocycles. The molecule has 11 heteroatoms. The quantitative estimate of drug-likeness (QED) is 0.328. The van der Waals surface area contributed by atoms with Crippen molar-refractivity contribution in [2.75, 3.05) is 34.0 Å². The third kappa shape index (κ3) is 5.44. The smallest absolute Gasteiger partial charge is 0.245 e. The van der Waals surface area contributed by atoms with E-state index in [2.05, 4.69) is 5.32 Å². The van der Waals surface area contributed by atoms with E-state index in [0.29, 0.717) is 24.0 Å². The van der Waals surface area contributed by atoms with Gasteiger partial charge in [-0.1, -0.05) is 12.1 Å². The first-order valence-electron chi connectivity index (χ1n) is 13.7. The Morgan fingerprint density at radius 2 is 1.76 bits per heavy atom. The van der Waals surface area contributed by atoms with E-state index >= 15 is 0 Å². The van der Waals surface area contributed by atoms with Gasteiger partial charge >= 0.3 is 0 Å². The number of carbonyl (C=O) groups excluding carboxylic acids is 4. The number of amides is 1. The van der Waals surface area contributed by atoms with Gasteiger partial charge in [0.2, 0.25) is 11.7 Å². The monoisotopic (exact) mass is 567 g/mol. The van der Waals surface area contributed by atoms with Gasteiger partial charge in [0.15, 0.2) is 17.9 Å². The second-order valence-corrected chi connectivity index (χ2v) is 10.5. The molecule has 5 rings (SSSR count). The van der Waals surface area contributed by atoms with Crippen molar-refractivity contribution in [3.05, 3.63) is 51.6 Å². The normalized spacial score (nSPS) is 21.5. The lowest BCUT2D eigenvalue weighted by Crippen LogP contribution is -2.36. The van der Waals surface area contributed by atoms with Crippen molar-refractivity contribution < 1.29 is 48.3 Å². The summed E-state index contributed by atoms with van der Waals surface area (Å²) in [6.45, 7) is -0.0133. The first-order chi connectivity index (χ1) is 19.7. The Morgan fingerprint density at radius 3 is 2.51 bits per heavy atom. The van der Waals surface area contributed by atoms with Crippen LogP contribution in [0, 0.1) is 5.92 Å². The Labute approximate surface area is 236 Å². The summed E-state index contributed by atoms with van der Waals surface area (Å²) in [6.07, 6.45) is 2.09. The SMILES string of the molecule is CNC(=O)COCC1CCCC(OCC(=O)C2CCc3c(O)c4c(c(O)c3C2)C(=O)c2cccc(OC)c2C4=O)O1. The van der Waals surface area contributed by atoms with Crippen molar-refractivity contribution in [3.63, 3.8) is 0 Å². The van der Waals surface area contributed by atoms with Crippen molar-refractivity contribution in [2.24, 2.45) is 5.92 Å². The van der Waals surface area contributed by atoms with Crippen LogP contribution in [0.1, 0.15) is 68.7 Å². The van der Waals surface area contributed by atoms with E-state index in [-0.39, 0.29) is 90.0 Å². The Bertz CT molecular complexity index is 1400. The molecule has 0 aromatic heterocycles. The standard InChI is InChI=1S/C30H33NO10/c1-31-22(33)14-39-12-16-5-3-8-23(41-16)40-13-20(32)15-9-10-17-19(11-15)29(36)25-26(27(17)34)30(37)24-18(28(25)35)6-4-7-21(24)38-2/h4,6-7,15-16,23,34,36H,3,5,8-14H2,1-2H3,(H,31,33). The summed E-state index contributed by atoms with van der Waals surface area (Å²) < 4.78 is 22.3. The fourth-order valence-corrected chi connectivity index (χ4v) is 5.84. The van der Waals surface area contributed by atoms with Crippen molar-refractivity contribution in [1.82, 2.24) is 5.32 Å². The van der Waals surface area contributed by atoms with Crippen LogP contribution in [-0.2, 0) is 36.6 Å². The van der Waals surface area contributed by atoms with E-state index in [1.54, 1.807) is 12.1 Å². The lowest BCUT2D eigenvalue weighted by Gasteiger charge is -2.31. The minimum atomic E-state index is -0.598. The van der Waals surface area contributed by atoms with Gasteiger partial charge in [0.05, 0.1) is 36.5 Å². The topological polar surface area (TPSA) is 158 Å². The van der Waals surface area contributed by atoms with E-state index in [1.165, 1.54) is 20.2 Å². The van der Waals surface area contributed by atoms with Crippen LogP contribution in [0.15, 0.2) is 18.2 Å². The Kier molecular flexibility index (Phi) is 8.39. The zero-order valence-corrected chi connectivity index (χ0v) is 23.0. The van der Waals surface area contributed by atoms with E-state index in [9.17, 15) is 29.4 Å². The van der Waals surface area contributed by atoms with Gasteiger partial charge in [0.1, 0.15) is 30.5 Å². The predicted octanol–water partition coefficient (Wildman–Crippen LogP) is 2.23. The second-order valence-electron chi connectivity index (χ2n) is 10.5. The number of phenols is 2. The third-order valence-electron chi connectivity index (χ3n) is 8.02. The fourth-order valence-electron chi connectivity index (χ4n) is 5.84. The Hall–Kier alpha value is -3.80. The lowest BCUT2D eigenvalue weighted by atomic mass is 9.75. The highest BCUT2D eigenvalue weighted by Gasteiger charge is 2.41. The predicted molar refractivity (Wildman–Crippen MR) is 144 cm³/mol. The summed E-state index contributed by atoms with van der Waals surface area (Å²) >= 11 is 0. The molecule has 0 spiro atoms. The number of hydrogen-bond acceptors (Lipinski definition) is 10. The minimum Gasteiger partial charge on any atom is -0.507 e. The van der Waals surface area contributed by atoms with Crippen LogP contribution >= 0.6 is 0 Å². The van der Waals surface area contributed by atoms with Gasteiger partial charge in [-0.3, -0.25) is 19.2 Å². The van der Waals surface area contributed by atoms with Crippen molar-refractivity contribution in [1.29, 1.82) is 0 Å². The molecule has 3 unspecified atom stereocenters. The number of carbonyl (C=O) groups is 4. The molecule has 0 saturated carbocycles. The zero-order chi connectivity index (χ0) is 29.3. The number of ketones is 3. The van der Waals surface area contributed by atoms with Gasteiger partial charge in [-0.05, 0) is 44.6 Å². The zero-order valence-electron chi connectivity index (χ0n) is 23.0.